The Morgan fingerprint density at radius 3 is 2.36 bits per heavy atom. The molecule has 0 aromatic carbocycles. The number of hydrogen-bond donors (Lipinski definition) is 0. The average molecular weight is 195 g/mol. The Morgan fingerprint density at radius 2 is 1.79 bits per heavy atom. The van der Waals surface area contributed by atoms with E-state index >= 15 is 0 Å². The van der Waals surface area contributed by atoms with E-state index in [4.69, 9.17) is 0 Å². The lowest BCUT2D eigenvalue weighted by atomic mass is 10.2. The van der Waals surface area contributed by atoms with Crippen molar-refractivity contribution >= 4 is 6.41 Å². The molecule has 0 atom stereocenters. The molecule has 0 N–H and O–H groups in total. The minimum atomic E-state index is 0.813. The van der Waals surface area contributed by atoms with Gasteiger partial charge in [-0.3, -0.25) is 4.79 Å². The van der Waals surface area contributed by atoms with Crippen LogP contribution in [0.2, 0.25) is 0 Å². The monoisotopic (exact) mass is 195 g/mol. The molecule has 0 aromatic rings. The van der Waals surface area contributed by atoms with Gasteiger partial charge in [-0.15, -0.1) is 11.8 Å². The van der Waals surface area contributed by atoms with Crippen LogP contribution in [0.5, 0.6) is 0 Å². The van der Waals surface area contributed by atoms with Crippen molar-refractivity contribution in [3.05, 3.63) is 0 Å². The third kappa shape index (κ3) is 9.12. The van der Waals surface area contributed by atoms with Gasteiger partial charge < -0.3 is 4.90 Å². The Balaban J connectivity index is 3.21. The molecule has 2 nitrogen and oxygen atoms in total. The summed E-state index contributed by atoms with van der Waals surface area (Å²) in [5.41, 5.74) is 0. The summed E-state index contributed by atoms with van der Waals surface area (Å²) in [7, 11) is 1.79. The van der Waals surface area contributed by atoms with Gasteiger partial charge in [-0.05, 0) is 12.8 Å². The molecule has 0 fully saturated rings. The number of carbonyl (C=O) groups excluding carboxylic acids is 1. The zero-order chi connectivity index (χ0) is 10.6. The topological polar surface area (TPSA) is 20.3 Å². The second-order valence-corrected chi connectivity index (χ2v) is 3.50. The van der Waals surface area contributed by atoms with Gasteiger partial charge >= 0.3 is 0 Å². The summed E-state index contributed by atoms with van der Waals surface area (Å²) in [6, 6.07) is 0. The smallest absolute Gasteiger partial charge is 0.209 e. The maximum atomic E-state index is 10.2. The van der Waals surface area contributed by atoms with E-state index in [1.54, 1.807) is 11.9 Å². The van der Waals surface area contributed by atoms with E-state index in [0.717, 1.165) is 32.2 Å². The molecule has 0 saturated heterocycles. The van der Waals surface area contributed by atoms with Crippen LogP contribution < -0.4 is 0 Å². The quantitative estimate of drug-likeness (QED) is 0.347. The van der Waals surface area contributed by atoms with E-state index in [1.807, 2.05) is 0 Å². The summed E-state index contributed by atoms with van der Waals surface area (Å²) in [5, 5.41) is 0. The van der Waals surface area contributed by atoms with Crippen LogP contribution in [0.4, 0.5) is 0 Å². The highest BCUT2D eigenvalue weighted by molar-refractivity contribution is 5.46. The third-order valence-corrected chi connectivity index (χ3v) is 2.02. The number of unbranched alkanes of at least 4 members (excludes halogenated alkanes) is 4. The van der Waals surface area contributed by atoms with Crippen molar-refractivity contribution in [2.75, 3.05) is 13.6 Å². The SMILES string of the molecule is CCCCCC#CCCCN(C)C=O. The van der Waals surface area contributed by atoms with E-state index in [9.17, 15) is 4.79 Å². The zero-order valence-corrected chi connectivity index (χ0v) is 9.38. The molecule has 0 saturated carbocycles. The predicted octanol–water partition coefficient (Wildman–Crippen LogP) is 2.44. The molecule has 0 aliphatic rings. The fourth-order valence-electron chi connectivity index (χ4n) is 1.11. The fraction of sp³-hybridized carbons (Fsp3) is 0.750. The Hall–Kier alpha value is -0.970. The van der Waals surface area contributed by atoms with Gasteiger partial charge in [0.15, 0.2) is 0 Å². The van der Waals surface area contributed by atoms with Crippen LogP contribution in [0.15, 0.2) is 0 Å². The van der Waals surface area contributed by atoms with Crippen LogP contribution in [0.25, 0.3) is 0 Å². The molecule has 0 heterocycles. The van der Waals surface area contributed by atoms with Crippen LogP contribution in [-0.4, -0.2) is 24.9 Å². The Kier molecular flexibility index (Phi) is 9.41. The Labute approximate surface area is 87.7 Å². The van der Waals surface area contributed by atoms with E-state index in [1.165, 1.54) is 19.3 Å². The molecule has 0 unspecified atom stereocenters. The molecule has 80 valence electrons. The molecule has 0 aliphatic carbocycles. The number of carbonyl (C=O) groups is 1. The molecule has 0 aromatic heterocycles. The van der Waals surface area contributed by atoms with Crippen LogP contribution in [0.3, 0.4) is 0 Å². The molecule has 0 rings (SSSR count). The van der Waals surface area contributed by atoms with Gasteiger partial charge in [0, 0.05) is 26.4 Å². The summed E-state index contributed by atoms with van der Waals surface area (Å²) in [4.78, 5) is 11.9. The van der Waals surface area contributed by atoms with Crippen molar-refractivity contribution < 1.29 is 4.79 Å². The lowest BCUT2D eigenvalue weighted by Gasteiger charge is -2.07. The predicted molar refractivity (Wildman–Crippen MR) is 59.8 cm³/mol. The highest BCUT2D eigenvalue weighted by Crippen LogP contribution is 1.97. The van der Waals surface area contributed by atoms with Crippen molar-refractivity contribution in [1.82, 2.24) is 4.90 Å². The molecule has 0 spiro atoms. The van der Waals surface area contributed by atoms with Gasteiger partial charge in [0.05, 0.1) is 0 Å². The second kappa shape index (κ2) is 10.1. The van der Waals surface area contributed by atoms with Crippen LogP contribution in [0.1, 0.15) is 45.4 Å². The van der Waals surface area contributed by atoms with Crippen molar-refractivity contribution in [3.63, 3.8) is 0 Å². The zero-order valence-electron chi connectivity index (χ0n) is 9.38. The van der Waals surface area contributed by atoms with E-state index in [0.29, 0.717) is 0 Å². The first kappa shape index (κ1) is 13.0. The number of hydrogen-bond acceptors (Lipinski definition) is 1. The van der Waals surface area contributed by atoms with Crippen molar-refractivity contribution in [1.29, 1.82) is 0 Å². The minimum Gasteiger partial charge on any atom is -0.348 e. The molecule has 2 heteroatoms. The van der Waals surface area contributed by atoms with Crippen LogP contribution in [-0.2, 0) is 4.79 Å². The fourth-order valence-corrected chi connectivity index (χ4v) is 1.11. The van der Waals surface area contributed by atoms with Crippen molar-refractivity contribution in [3.8, 4) is 11.8 Å². The largest absolute Gasteiger partial charge is 0.348 e. The molecule has 1 amide bonds. The first-order chi connectivity index (χ1) is 6.81. The first-order valence-corrected chi connectivity index (χ1v) is 5.42. The van der Waals surface area contributed by atoms with E-state index < -0.39 is 0 Å². The van der Waals surface area contributed by atoms with Crippen molar-refractivity contribution in [2.24, 2.45) is 0 Å². The third-order valence-electron chi connectivity index (χ3n) is 2.02. The maximum absolute atomic E-state index is 10.2. The van der Waals surface area contributed by atoms with Gasteiger partial charge in [0.2, 0.25) is 6.41 Å². The van der Waals surface area contributed by atoms with Gasteiger partial charge in [-0.25, -0.2) is 0 Å². The molecule has 14 heavy (non-hydrogen) atoms. The van der Waals surface area contributed by atoms with Gasteiger partial charge in [0.25, 0.3) is 0 Å². The summed E-state index contributed by atoms with van der Waals surface area (Å²) >= 11 is 0. The molecular weight excluding hydrogens is 174 g/mol. The highest BCUT2D eigenvalue weighted by Gasteiger charge is 1.90. The standard InChI is InChI=1S/C12H21NO/c1-3-4-5-6-7-8-9-10-11-13(2)12-14/h12H,3-6,9-11H2,1-2H3. The maximum Gasteiger partial charge on any atom is 0.209 e. The Bertz CT molecular complexity index is 190. The van der Waals surface area contributed by atoms with E-state index in [-0.39, 0.29) is 0 Å². The van der Waals surface area contributed by atoms with Gasteiger partial charge in [0.1, 0.15) is 0 Å². The van der Waals surface area contributed by atoms with Crippen LogP contribution in [0, 0.1) is 11.8 Å². The normalized spacial score (nSPS) is 9.00. The molecular formula is C12H21NO. The van der Waals surface area contributed by atoms with E-state index in [2.05, 4.69) is 18.8 Å². The number of nitrogens with zero attached hydrogens (tertiary/aromatic N) is 1. The first-order valence-electron chi connectivity index (χ1n) is 5.42. The second-order valence-electron chi connectivity index (χ2n) is 3.50. The number of rotatable bonds is 7. The van der Waals surface area contributed by atoms with Crippen LogP contribution >= 0.6 is 0 Å². The average Bonchev–Trinajstić information content (AvgIpc) is 2.21. The summed E-state index contributed by atoms with van der Waals surface area (Å²) in [5.74, 6) is 6.29. The summed E-state index contributed by atoms with van der Waals surface area (Å²) in [6.45, 7) is 3.01. The lowest BCUT2D eigenvalue weighted by Crippen LogP contribution is -2.16. The number of amides is 1. The van der Waals surface area contributed by atoms with Gasteiger partial charge in [-0.2, -0.15) is 0 Å². The minimum absolute atomic E-state index is 0.813. The van der Waals surface area contributed by atoms with Gasteiger partial charge in [-0.1, -0.05) is 19.8 Å². The summed E-state index contributed by atoms with van der Waals surface area (Å²) < 4.78 is 0. The summed E-state index contributed by atoms with van der Waals surface area (Å²) in [6.07, 6.45) is 7.53. The Morgan fingerprint density at radius 1 is 1.14 bits per heavy atom. The molecule has 0 bridgehead atoms. The lowest BCUT2D eigenvalue weighted by molar-refractivity contribution is -0.117. The molecule has 0 radical (unpaired) electrons. The van der Waals surface area contributed by atoms with Crippen molar-refractivity contribution in [2.45, 2.75) is 45.4 Å². The highest BCUT2D eigenvalue weighted by atomic mass is 16.1. The molecule has 0 aliphatic heterocycles.